The summed E-state index contributed by atoms with van der Waals surface area (Å²) in [6, 6.07) is 3.46. The van der Waals surface area contributed by atoms with Crippen LogP contribution in [0.4, 0.5) is 0 Å². The average Bonchev–Trinajstić information content (AvgIpc) is 2.72. The lowest BCUT2D eigenvalue weighted by Crippen LogP contribution is -2.13. The molecule has 0 radical (unpaired) electrons. The molecule has 0 saturated carbocycles. The molecule has 5 nitrogen and oxygen atoms in total. The van der Waals surface area contributed by atoms with Crippen molar-refractivity contribution in [3.63, 3.8) is 0 Å². The summed E-state index contributed by atoms with van der Waals surface area (Å²) in [6.07, 6.45) is 0. The second-order valence-corrected chi connectivity index (χ2v) is 3.54. The zero-order valence-corrected chi connectivity index (χ0v) is 7.47. The van der Waals surface area contributed by atoms with Gasteiger partial charge < -0.3 is 5.73 Å². The predicted octanol–water partition coefficient (Wildman–Crippen LogP) is 0.208. The van der Waals surface area contributed by atoms with Gasteiger partial charge in [-0.2, -0.15) is 5.10 Å². The van der Waals surface area contributed by atoms with E-state index in [9.17, 15) is 4.79 Å². The van der Waals surface area contributed by atoms with E-state index in [-0.39, 0.29) is 11.7 Å². The zero-order valence-electron chi connectivity index (χ0n) is 6.65. The van der Waals surface area contributed by atoms with E-state index in [2.05, 4.69) is 15.2 Å². The van der Waals surface area contributed by atoms with Crippen molar-refractivity contribution in [3.05, 3.63) is 38.7 Å². The van der Waals surface area contributed by atoms with Gasteiger partial charge >= 0.3 is 5.69 Å². The molecule has 4 N–H and O–H groups in total. The maximum atomic E-state index is 10.7. The summed E-state index contributed by atoms with van der Waals surface area (Å²) < 4.78 is 0. The topological polar surface area (TPSA) is 87.6 Å². The molecule has 13 heavy (non-hydrogen) atoms. The van der Waals surface area contributed by atoms with Crippen molar-refractivity contribution in [2.24, 2.45) is 5.73 Å². The zero-order chi connectivity index (χ0) is 9.26. The number of nitrogens with two attached hydrogens (primary N) is 1. The van der Waals surface area contributed by atoms with Gasteiger partial charge in [-0.05, 0) is 11.4 Å². The molecule has 0 aliphatic rings. The second kappa shape index (κ2) is 3.15. The summed E-state index contributed by atoms with van der Waals surface area (Å²) in [5.74, 6) is 0.465. The van der Waals surface area contributed by atoms with Crippen molar-refractivity contribution in [2.75, 3.05) is 0 Å². The Bertz CT molecular complexity index is 429. The lowest BCUT2D eigenvalue weighted by Gasteiger charge is -2.03. The van der Waals surface area contributed by atoms with E-state index in [1.165, 1.54) is 11.3 Å². The Morgan fingerprint density at radius 3 is 3.00 bits per heavy atom. The fraction of sp³-hybridized carbons (Fsp3) is 0.143. The molecule has 0 aliphatic heterocycles. The number of thiophene rings is 1. The van der Waals surface area contributed by atoms with Gasteiger partial charge in [0.25, 0.3) is 0 Å². The smallest absolute Gasteiger partial charge is 0.317 e. The molecule has 68 valence electrons. The van der Waals surface area contributed by atoms with Crippen LogP contribution in [0.2, 0.25) is 0 Å². The molecule has 0 spiro atoms. The summed E-state index contributed by atoms with van der Waals surface area (Å²) >= 11 is 1.53. The van der Waals surface area contributed by atoms with Crippen LogP contribution >= 0.6 is 11.3 Å². The number of nitrogens with one attached hydrogen (secondary N) is 2. The maximum absolute atomic E-state index is 10.7. The molecular weight excluding hydrogens is 188 g/mol. The van der Waals surface area contributed by atoms with Gasteiger partial charge in [0, 0.05) is 4.88 Å². The monoisotopic (exact) mass is 196 g/mol. The highest BCUT2D eigenvalue weighted by Crippen LogP contribution is 2.19. The van der Waals surface area contributed by atoms with Crippen molar-refractivity contribution < 1.29 is 0 Å². The minimum Gasteiger partial charge on any atom is -0.317 e. The van der Waals surface area contributed by atoms with E-state index in [0.717, 1.165) is 4.88 Å². The lowest BCUT2D eigenvalue weighted by atomic mass is 10.2. The van der Waals surface area contributed by atoms with Crippen molar-refractivity contribution in [1.29, 1.82) is 0 Å². The Morgan fingerprint density at radius 1 is 1.62 bits per heavy atom. The number of hydrogen-bond acceptors (Lipinski definition) is 4. The van der Waals surface area contributed by atoms with Crippen LogP contribution in [0.5, 0.6) is 0 Å². The molecule has 2 aromatic rings. The maximum Gasteiger partial charge on any atom is 0.340 e. The van der Waals surface area contributed by atoms with Crippen LogP contribution in [0.1, 0.15) is 16.7 Å². The Balaban J connectivity index is 2.33. The average molecular weight is 196 g/mol. The molecule has 2 aromatic heterocycles. The lowest BCUT2D eigenvalue weighted by molar-refractivity contribution is 0.802. The minimum absolute atomic E-state index is 0.331. The molecule has 2 rings (SSSR count). The Labute approximate surface area is 77.6 Å². The van der Waals surface area contributed by atoms with Gasteiger partial charge in [-0.1, -0.05) is 6.07 Å². The number of hydrogen-bond donors (Lipinski definition) is 3. The van der Waals surface area contributed by atoms with Gasteiger partial charge in [-0.15, -0.1) is 11.3 Å². The SMILES string of the molecule is NC(c1n[nH]c(=O)[nH]1)c1cccs1. The van der Waals surface area contributed by atoms with Crippen LogP contribution in [0.15, 0.2) is 22.3 Å². The van der Waals surface area contributed by atoms with Gasteiger partial charge in [-0.3, -0.25) is 4.98 Å². The third-order valence-corrected chi connectivity index (χ3v) is 2.62. The summed E-state index contributed by atoms with van der Waals surface area (Å²) in [6.45, 7) is 0. The molecule has 0 amide bonds. The van der Waals surface area contributed by atoms with E-state index in [4.69, 9.17) is 5.73 Å². The van der Waals surface area contributed by atoms with Gasteiger partial charge in [0.05, 0.1) is 6.04 Å². The molecule has 0 bridgehead atoms. The Kier molecular flexibility index (Phi) is 1.99. The van der Waals surface area contributed by atoms with Crippen molar-refractivity contribution >= 4 is 11.3 Å². The first-order valence-electron chi connectivity index (χ1n) is 3.71. The van der Waals surface area contributed by atoms with E-state index in [1.54, 1.807) is 0 Å². The Morgan fingerprint density at radius 2 is 2.46 bits per heavy atom. The van der Waals surface area contributed by atoms with E-state index in [1.807, 2.05) is 17.5 Å². The van der Waals surface area contributed by atoms with E-state index in [0.29, 0.717) is 5.82 Å². The van der Waals surface area contributed by atoms with Crippen LogP contribution < -0.4 is 11.4 Å². The van der Waals surface area contributed by atoms with Crippen molar-refractivity contribution in [1.82, 2.24) is 15.2 Å². The third-order valence-electron chi connectivity index (χ3n) is 1.66. The minimum atomic E-state index is -0.348. The summed E-state index contributed by atoms with van der Waals surface area (Å²) in [4.78, 5) is 14.2. The number of H-pyrrole nitrogens is 2. The van der Waals surface area contributed by atoms with Crippen LogP contribution in [0.25, 0.3) is 0 Å². The highest BCUT2D eigenvalue weighted by Gasteiger charge is 2.12. The predicted molar refractivity (Wildman–Crippen MR) is 49.6 cm³/mol. The van der Waals surface area contributed by atoms with Crippen molar-refractivity contribution in [3.8, 4) is 0 Å². The third kappa shape index (κ3) is 1.53. The molecule has 0 fully saturated rings. The largest absolute Gasteiger partial charge is 0.340 e. The van der Waals surface area contributed by atoms with Gasteiger partial charge in [0.1, 0.15) is 0 Å². The number of rotatable bonds is 2. The normalized spacial score (nSPS) is 13.0. The number of aromatic nitrogens is 3. The van der Waals surface area contributed by atoms with Gasteiger partial charge in [-0.25, -0.2) is 9.89 Å². The molecule has 0 saturated heterocycles. The fourth-order valence-electron chi connectivity index (χ4n) is 1.03. The number of nitrogens with zero attached hydrogens (tertiary/aromatic N) is 1. The number of aromatic amines is 2. The van der Waals surface area contributed by atoms with Crippen molar-refractivity contribution in [2.45, 2.75) is 6.04 Å². The highest BCUT2D eigenvalue weighted by molar-refractivity contribution is 7.10. The first-order chi connectivity index (χ1) is 6.27. The van der Waals surface area contributed by atoms with Gasteiger partial charge in [0.2, 0.25) is 0 Å². The van der Waals surface area contributed by atoms with Gasteiger partial charge in [0.15, 0.2) is 5.82 Å². The highest BCUT2D eigenvalue weighted by atomic mass is 32.1. The Hall–Kier alpha value is -1.40. The molecule has 1 unspecified atom stereocenters. The summed E-state index contributed by atoms with van der Waals surface area (Å²) in [5.41, 5.74) is 5.50. The molecule has 0 aliphatic carbocycles. The van der Waals surface area contributed by atoms with Crippen LogP contribution in [-0.2, 0) is 0 Å². The second-order valence-electron chi connectivity index (χ2n) is 2.56. The first kappa shape index (κ1) is 8.21. The van der Waals surface area contributed by atoms with Crippen LogP contribution in [0.3, 0.4) is 0 Å². The summed E-state index contributed by atoms with van der Waals surface area (Å²) in [5, 5.41) is 7.97. The quantitative estimate of drug-likeness (QED) is 0.641. The standard InChI is InChI=1S/C7H8N4OS/c8-5(4-2-1-3-13-4)6-9-7(12)11-10-6/h1-3,5H,8H2,(H2,9,10,11,12). The molecule has 2 heterocycles. The molecular formula is C7H8N4OS. The fourth-order valence-corrected chi connectivity index (χ4v) is 1.76. The van der Waals surface area contributed by atoms with E-state index < -0.39 is 0 Å². The van der Waals surface area contributed by atoms with Crippen LogP contribution in [-0.4, -0.2) is 15.2 Å². The van der Waals surface area contributed by atoms with Crippen LogP contribution in [0, 0.1) is 0 Å². The molecule has 1 atom stereocenters. The first-order valence-corrected chi connectivity index (χ1v) is 4.59. The summed E-state index contributed by atoms with van der Waals surface area (Å²) in [7, 11) is 0. The van der Waals surface area contributed by atoms with E-state index >= 15 is 0 Å². The molecule has 0 aromatic carbocycles. The molecule has 6 heteroatoms.